The van der Waals surface area contributed by atoms with E-state index in [1.54, 1.807) is 23.8 Å². The van der Waals surface area contributed by atoms with Gasteiger partial charge in [-0.2, -0.15) is 0 Å². The average Bonchev–Trinajstić information content (AvgIpc) is 2.91. The van der Waals surface area contributed by atoms with E-state index in [4.69, 9.17) is 5.11 Å². The Morgan fingerprint density at radius 3 is 2.75 bits per heavy atom. The fourth-order valence-electron chi connectivity index (χ4n) is 3.20. The lowest BCUT2D eigenvalue weighted by Gasteiger charge is -2.30. The van der Waals surface area contributed by atoms with Gasteiger partial charge in [-0.1, -0.05) is 12.8 Å². The van der Waals surface area contributed by atoms with Crippen molar-refractivity contribution in [3.05, 3.63) is 52.0 Å². The number of amides is 1. The maximum Gasteiger partial charge on any atom is 0.345 e. The van der Waals surface area contributed by atoms with Gasteiger partial charge in [-0.25, -0.2) is 4.79 Å². The molecular formula is C18H20N2O3S. The molecule has 0 saturated carbocycles. The van der Waals surface area contributed by atoms with E-state index < -0.39 is 5.97 Å². The highest BCUT2D eigenvalue weighted by atomic mass is 32.1. The first-order chi connectivity index (χ1) is 11.6. The number of thiophene rings is 1. The third-order valence-corrected chi connectivity index (χ3v) is 5.35. The Kier molecular flexibility index (Phi) is 5.25. The lowest BCUT2D eigenvalue weighted by atomic mass is 10.0. The van der Waals surface area contributed by atoms with E-state index in [1.165, 1.54) is 11.3 Å². The number of likely N-dealkylation sites (tertiary alicyclic amines) is 1. The maximum absolute atomic E-state index is 12.9. The summed E-state index contributed by atoms with van der Waals surface area (Å²) in [6.45, 7) is 0.752. The minimum atomic E-state index is -0.942. The van der Waals surface area contributed by atoms with Crippen LogP contribution in [0.3, 0.4) is 0 Å². The summed E-state index contributed by atoms with van der Waals surface area (Å²) in [5.41, 5.74) is 1.90. The van der Waals surface area contributed by atoms with Crippen LogP contribution in [-0.2, 0) is 11.2 Å². The Balaban J connectivity index is 1.77. The summed E-state index contributed by atoms with van der Waals surface area (Å²) in [6, 6.07) is 5.64. The molecule has 1 amide bonds. The van der Waals surface area contributed by atoms with Gasteiger partial charge in [-0.05, 0) is 47.5 Å². The van der Waals surface area contributed by atoms with Crippen molar-refractivity contribution in [2.45, 2.75) is 38.1 Å². The molecule has 2 aromatic heterocycles. The predicted octanol–water partition coefficient (Wildman–Crippen LogP) is 3.53. The van der Waals surface area contributed by atoms with Gasteiger partial charge in [-0.15, -0.1) is 11.3 Å². The molecule has 6 heteroatoms. The monoisotopic (exact) mass is 344 g/mol. The first-order valence-electron chi connectivity index (χ1n) is 8.15. The summed E-state index contributed by atoms with van der Waals surface area (Å²) < 4.78 is 0. The Morgan fingerprint density at radius 2 is 2.04 bits per heavy atom. The Bertz CT molecular complexity index is 714. The van der Waals surface area contributed by atoms with Crippen LogP contribution in [0.4, 0.5) is 0 Å². The summed E-state index contributed by atoms with van der Waals surface area (Å²) in [6.07, 6.45) is 8.00. The lowest BCUT2D eigenvalue weighted by molar-refractivity contribution is -0.132. The molecule has 2 aromatic rings. The summed E-state index contributed by atoms with van der Waals surface area (Å²) in [4.78, 5) is 30.1. The molecule has 3 rings (SSSR count). The van der Waals surface area contributed by atoms with Crippen LogP contribution in [0.5, 0.6) is 0 Å². The van der Waals surface area contributed by atoms with Crippen molar-refractivity contribution < 1.29 is 14.7 Å². The van der Waals surface area contributed by atoms with Gasteiger partial charge in [0, 0.05) is 18.9 Å². The van der Waals surface area contributed by atoms with Crippen LogP contribution in [0.15, 0.2) is 36.0 Å². The zero-order valence-corrected chi connectivity index (χ0v) is 14.2. The Hall–Kier alpha value is -2.21. The molecule has 1 aliphatic heterocycles. The molecule has 1 aliphatic rings. The summed E-state index contributed by atoms with van der Waals surface area (Å²) >= 11 is 1.17. The second-order valence-electron chi connectivity index (χ2n) is 6.03. The van der Waals surface area contributed by atoms with Crippen molar-refractivity contribution in [1.29, 1.82) is 0 Å². The number of carbonyl (C=O) groups is 2. The predicted molar refractivity (Wildman–Crippen MR) is 92.1 cm³/mol. The summed E-state index contributed by atoms with van der Waals surface area (Å²) in [5, 5.41) is 10.8. The van der Waals surface area contributed by atoms with Gasteiger partial charge >= 0.3 is 5.97 Å². The highest BCUT2D eigenvalue weighted by Gasteiger charge is 2.27. The van der Waals surface area contributed by atoms with E-state index in [9.17, 15) is 9.59 Å². The molecule has 1 fully saturated rings. The number of aromatic carboxylic acids is 1. The maximum atomic E-state index is 12.9. The largest absolute Gasteiger partial charge is 0.477 e. The fraction of sp³-hybridized carbons (Fsp3) is 0.389. The van der Waals surface area contributed by atoms with E-state index in [0.29, 0.717) is 0 Å². The van der Waals surface area contributed by atoms with Gasteiger partial charge in [0.2, 0.25) is 5.91 Å². The highest BCUT2D eigenvalue weighted by molar-refractivity contribution is 7.12. The third kappa shape index (κ3) is 3.82. The van der Waals surface area contributed by atoms with Gasteiger partial charge in [-0.3, -0.25) is 9.78 Å². The second kappa shape index (κ2) is 7.57. The van der Waals surface area contributed by atoms with Gasteiger partial charge in [0.1, 0.15) is 4.88 Å². The number of nitrogens with zero attached hydrogens (tertiary/aromatic N) is 2. The van der Waals surface area contributed by atoms with Crippen LogP contribution in [0, 0.1) is 0 Å². The third-order valence-electron chi connectivity index (χ3n) is 4.38. The van der Waals surface area contributed by atoms with Crippen LogP contribution < -0.4 is 0 Å². The first-order valence-corrected chi connectivity index (χ1v) is 9.03. The van der Waals surface area contributed by atoms with Crippen LogP contribution in [-0.4, -0.2) is 33.4 Å². The zero-order chi connectivity index (χ0) is 16.9. The smallest absolute Gasteiger partial charge is 0.345 e. The fourth-order valence-corrected chi connectivity index (χ4v) is 3.95. The number of carboxylic acids is 1. The molecule has 0 aliphatic carbocycles. The molecule has 1 unspecified atom stereocenters. The molecule has 0 bridgehead atoms. The van der Waals surface area contributed by atoms with Gasteiger partial charge < -0.3 is 10.0 Å². The molecule has 1 N–H and O–H groups in total. The highest BCUT2D eigenvalue weighted by Crippen LogP contribution is 2.30. The number of hydrogen-bond acceptors (Lipinski definition) is 4. The van der Waals surface area contributed by atoms with Crippen LogP contribution in [0.25, 0.3) is 0 Å². The minimum Gasteiger partial charge on any atom is -0.477 e. The van der Waals surface area contributed by atoms with E-state index >= 15 is 0 Å². The molecule has 0 aromatic carbocycles. The van der Waals surface area contributed by atoms with E-state index in [2.05, 4.69) is 4.98 Å². The molecular weight excluding hydrogens is 324 g/mol. The standard InChI is InChI=1S/C18H20N2O3S/c21-17(11-13-10-16(18(22)23)24-12-13)20-9-3-1-2-4-15(20)14-5-7-19-8-6-14/h5-8,10,12,15H,1-4,9,11H2,(H,22,23). The molecule has 1 atom stereocenters. The van der Waals surface area contributed by atoms with Gasteiger partial charge in [0.05, 0.1) is 12.5 Å². The molecule has 3 heterocycles. The van der Waals surface area contributed by atoms with Crippen molar-refractivity contribution in [2.24, 2.45) is 0 Å². The molecule has 126 valence electrons. The minimum absolute atomic E-state index is 0.0634. The van der Waals surface area contributed by atoms with Crippen LogP contribution in [0.2, 0.25) is 0 Å². The Labute approximate surface area is 145 Å². The normalized spacial score (nSPS) is 18.2. The van der Waals surface area contributed by atoms with Crippen molar-refractivity contribution in [3.63, 3.8) is 0 Å². The van der Waals surface area contributed by atoms with Crippen molar-refractivity contribution in [2.75, 3.05) is 6.54 Å². The van der Waals surface area contributed by atoms with Crippen LogP contribution in [0.1, 0.15) is 52.5 Å². The number of aromatic nitrogens is 1. The average molecular weight is 344 g/mol. The van der Waals surface area contributed by atoms with E-state index in [-0.39, 0.29) is 23.2 Å². The first kappa shape index (κ1) is 16.6. The summed E-state index contributed by atoms with van der Waals surface area (Å²) in [5.74, 6) is -0.878. The number of rotatable bonds is 4. The number of carboxylic acid groups (broad SMARTS) is 1. The number of carbonyl (C=O) groups excluding carboxylic acids is 1. The van der Waals surface area contributed by atoms with E-state index in [0.717, 1.165) is 43.4 Å². The van der Waals surface area contributed by atoms with Gasteiger partial charge in [0.25, 0.3) is 0 Å². The van der Waals surface area contributed by atoms with Crippen molar-refractivity contribution in [1.82, 2.24) is 9.88 Å². The topological polar surface area (TPSA) is 70.5 Å². The quantitative estimate of drug-likeness (QED) is 0.921. The van der Waals surface area contributed by atoms with Gasteiger partial charge in [0.15, 0.2) is 0 Å². The molecule has 5 nitrogen and oxygen atoms in total. The number of hydrogen-bond donors (Lipinski definition) is 1. The van der Waals surface area contributed by atoms with E-state index in [1.807, 2.05) is 17.0 Å². The molecule has 24 heavy (non-hydrogen) atoms. The molecule has 0 radical (unpaired) electrons. The van der Waals surface area contributed by atoms with Crippen molar-refractivity contribution in [3.8, 4) is 0 Å². The zero-order valence-electron chi connectivity index (χ0n) is 13.4. The number of pyridine rings is 1. The SMILES string of the molecule is O=C(O)c1cc(CC(=O)N2CCCCCC2c2ccncc2)cs1. The van der Waals surface area contributed by atoms with Crippen molar-refractivity contribution >= 4 is 23.2 Å². The molecule has 1 saturated heterocycles. The molecule has 0 spiro atoms. The lowest BCUT2D eigenvalue weighted by Crippen LogP contribution is -2.35. The Morgan fingerprint density at radius 1 is 1.25 bits per heavy atom. The second-order valence-corrected chi connectivity index (χ2v) is 6.95. The van der Waals surface area contributed by atoms with Crippen LogP contribution >= 0.6 is 11.3 Å². The summed E-state index contributed by atoms with van der Waals surface area (Å²) in [7, 11) is 0.